The molecule has 0 atom stereocenters. The van der Waals surface area contributed by atoms with Gasteiger partial charge in [0.2, 0.25) is 0 Å². The maximum absolute atomic E-state index is 11.5. The van der Waals surface area contributed by atoms with E-state index < -0.39 is 294 Å². The van der Waals surface area contributed by atoms with E-state index in [0.29, 0.717) is 16.2 Å². The summed E-state index contributed by atoms with van der Waals surface area (Å²) in [5, 5.41) is 10.0. The Balaban J connectivity index is 1.27. The van der Waals surface area contributed by atoms with Crippen molar-refractivity contribution in [3.8, 4) is 11.8 Å². The molecule has 0 saturated heterocycles. The Labute approximate surface area is 454 Å². The van der Waals surface area contributed by atoms with Gasteiger partial charge < -0.3 is 19.3 Å². The zero-order valence-electron chi connectivity index (χ0n) is 67.7. The van der Waals surface area contributed by atoms with Crippen LogP contribution in [0.15, 0.2) is 181 Å². The number of thiophene rings is 1. The summed E-state index contributed by atoms with van der Waals surface area (Å²) in [6, 6.07) is -24.0. The number of rotatable bonds is 4. The monoisotopic (exact) mass is 948 g/mol. The molecule has 0 aliphatic carbocycles. The first-order chi connectivity index (χ1) is 46.5. The lowest BCUT2D eigenvalue weighted by molar-refractivity contribution is 0.590. The zero-order valence-corrected chi connectivity index (χ0v) is 38.5. The lowest BCUT2D eigenvalue weighted by Crippen LogP contribution is -2.61. The fraction of sp³-hybridized carbons (Fsp3) is 0.127. The van der Waals surface area contributed by atoms with E-state index in [1.165, 1.54) is 0 Å². The fourth-order valence-electron chi connectivity index (χ4n) is 9.46. The van der Waals surface area contributed by atoms with E-state index in [1.54, 1.807) is 41.5 Å². The average Bonchev–Trinajstić information content (AvgIpc) is 1.17. The highest BCUT2D eigenvalue weighted by Gasteiger charge is 2.46. The average molecular weight is 948 g/mol. The van der Waals surface area contributed by atoms with Gasteiger partial charge in [0.15, 0.2) is 0 Å². The third-order valence-corrected chi connectivity index (χ3v) is 13.7. The second-order valence-electron chi connectivity index (χ2n) is 18.9. The number of nitriles is 1. The third-order valence-electron chi connectivity index (χ3n) is 12.7. The Hall–Kier alpha value is -8.05. The number of nitrogens with zero attached hydrogens (tertiary/aromatic N) is 5. The van der Waals surface area contributed by atoms with Crippen LogP contribution in [-0.4, -0.2) is 11.3 Å². The summed E-state index contributed by atoms with van der Waals surface area (Å²) in [5.74, 6) is 0. The number of hydrogen-bond acceptors (Lipinski definition) is 5. The van der Waals surface area contributed by atoms with Gasteiger partial charge >= 0.3 is 0 Å². The van der Waals surface area contributed by atoms with Gasteiger partial charge in [-0.05, 0) is 123 Å². The molecule has 3 aliphatic heterocycles. The Morgan fingerprint density at radius 3 is 1.84 bits per heavy atom. The maximum atomic E-state index is 11.5. The number of para-hydroxylation sites is 3. The maximum Gasteiger partial charge on any atom is 0.252 e. The van der Waals surface area contributed by atoms with Gasteiger partial charge in [-0.1, -0.05) is 138 Å². The van der Waals surface area contributed by atoms with Crippen molar-refractivity contribution < 1.29 is 41.1 Å². The van der Waals surface area contributed by atoms with Gasteiger partial charge in [0.05, 0.1) is 80.9 Å². The molecule has 0 radical (unpaired) electrons. The number of anilines is 9. The van der Waals surface area contributed by atoms with Gasteiger partial charge in [0.25, 0.3) is 6.71 Å². The van der Waals surface area contributed by atoms with E-state index in [9.17, 15) is 38.2 Å². The Morgan fingerprint density at radius 1 is 0.514 bits per heavy atom. The van der Waals surface area contributed by atoms with Crippen molar-refractivity contribution in [1.82, 2.24) is 4.57 Å². The highest BCUT2D eigenvalue weighted by molar-refractivity contribution is 7.25. The predicted octanol–water partition coefficient (Wildman–Crippen LogP) is 15.5. The molecule has 14 rings (SSSR count). The fourth-order valence-corrected chi connectivity index (χ4v) is 10.4. The molecule has 334 valence electrons. The summed E-state index contributed by atoms with van der Waals surface area (Å²) in [4.78, 5) is 2.40. The molecule has 0 N–H and O–H groups in total. The topological polar surface area (TPSA) is 38.4 Å². The molecule has 0 saturated carbocycles. The normalized spacial score (nSPS) is 19.5. The van der Waals surface area contributed by atoms with Crippen LogP contribution < -0.4 is 31.1 Å². The zero-order chi connectivity index (χ0) is 73.5. The molecule has 2 aromatic heterocycles. The summed E-state index contributed by atoms with van der Waals surface area (Å²) < 4.78 is 291. The minimum absolute atomic E-state index is 0.162. The number of aromatic nitrogens is 1. The van der Waals surface area contributed by atoms with Crippen molar-refractivity contribution in [3.63, 3.8) is 0 Å². The first-order valence-corrected chi connectivity index (χ1v) is 22.7. The van der Waals surface area contributed by atoms with Crippen molar-refractivity contribution in [2.45, 2.75) is 52.4 Å². The van der Waals surface area contributed by atoms with Crippen LogP contribution in [0.5, 0.6) is 0 Å². The standard InChI is InChI=1S/C63H48BN5S/c1-62(2,3)39-21-25-41(26-22-39)66(42-27-23-40(24-28-42)63(4,5)6)43-30-32-49-54(35-43)67(44-29-31-47-46-14-8-10-20-57(46)70-58(47)36-44)55-33-38(37-65)34-56-59(55)64(49)50-16-12-19-53-61(50)69(56)52-18-11-15-48-45-13-7-9-17-51(45)68(53)60(48)52/h7-36H,1-6H3/i7D,8D,9D,10D,11D,12D,13D,14D,15D,16D,17D,18D,19D,20D,21D,22D,23D,24D,25D,26D,27D,28D,29D,30D,31D,32D,33D,34D,35D,36D. The summed E-state index contributed by atoms with van der Waals surface area (Å²) in [5.41, 5.74) is -13.6. The summed E-state index contributed by atoms with van der Waals surface area (Å²) in [6.45, 7) is 7.45. The summed E-state index contributed by atoms with van der Waals surface area (Å²) >= 11 is 0.576. The first-order valence-electron chi connectivity index (χ1n) is 36.9. The van der Waals surface area contributed by atoms with E-state index in [1.807, 2.05) is 6.07 Å². The van der Waals surface area contributed by atoms with Crippen LogP contribution in [0.25, 0.3) is 47.7 Å². The second-order valence-corrected chi connectivity index (χ2v) is 20.0. The van der Waals surface area contributed by atoms with Crippen LogP contribution >= 0.6 is 11.3 Å². The molecule has 7 heteroatoms. The van der Waals surface area contributed by atoms with Crippen LogP contribution in [0.2, 0.25) is 0 Å². The van der Waals surface area contributed by atoms with Crippen LogP contribution in [0.4, 0.5) is 51.2 Å². The SMILES string of the molecule is [2H]c1c([2H])c2c3c(c1[2H])-n1c4c([2H])c([2H])c([2H])c([2H])c4c4c([2H])c([2H])c([2H])c(c41)N3c1c([2H])c(C#N)c([2H])c3c1B2c1c([2H])c([2H])c(N(c2c([2H])c([2H])c(C(C)(C)C)c([2H])c2[2H])c2c([2H])c([2H])c(C(C)(C)C)c([2H])c2[2H])c([2H])c1N3c1c([2H])c([2H])c2c(sc3c([2H])c([2H])c([2H])c([2H])c32)c1[2H]. The molecule has 3 aliphatic rings. The van der Waals surface area contributed by atoms with E-state index in [-0.39, 0.29) is 36.8 Å². The molecule has 0 spiro atoms. The van der Waals surface area contributed by atoms with Gasteiger partial charge in [-0.2, -0.15) is 5.26 Å². The summed E-state index contributed by atoms with van der Waals surface area (Å²) in [7, 11) is 0. The van der Waals surface area contributed by atoms with E-state index in [0.717, 1.165) is 14.4 Å². The van der Waals surface area contributed by atoms with Crippen LogP contribution in [0, 0.1) is 11.3 Å². The van der Waals surface area contributed by atoms with Crippen LogP contribution in [-0.2, 0) is 10.8 Å². The largest absolute Gasteiger partial charge is 0.311 e. The Morgan fingerprint density at radius 2 is 1.13 bits per heavy atom. The predicted molar refractivity (Wildman–Crippen MR) is 298 cm³/mol. The van der Waals surface area contributed by atoms with Crippen LogP contribution in [0.1, 0.15) is 99.4 Å². The van der Waals surface area contributed by atoms with E-state index in [4.69, 9.17) is 8.22 Å². The van der Waals surface area contributed by atoms with Crippen molar-refractivity contribution in [3.05, 3.63) is 198 Å². The lowest BCUT2D eigenvalue weighted by atomic mass is 9.33. The third kappa shape index (κ3) is 5.78. The molecule has 0 fully saturated rings. The number of benzene rings is 9. The molecular weight excluding hydrogens is 870 g/mol. The van der Waals surface area contributed by atoms with Crippen molar-refractivity contribution in [2.24, 2.45) is 0 Å². The molecule has 9 aromatic carbocycles. The van der Waals surface area contributed by atoms with Gasteiger partial charge in [0, 0.05) is 70.8 Å². The molecule has 0 amide bonds. The molecule has 5 heterocycles. The molecule has 5 nitrogen and oxygen atoms in total. The van der Waals surface area contributed by atoms with E-state index in [2.05, 4.69) is 0 Å². The van der Waals surface area contributed by atoms with Gasteiger partial charge in [0.1, 0.15) is 0 Å². The Bertz CT molecular complexity index is 5750. The molecular formula is C63H48BN5S. The minimum Gasteiger partial charge on any atom is -0.311 e. The lowest BCUT2D eigenvalue weighted by Gasteiger charge is -2.46. The van der Waals surface area contributed by atoms with Crippen LogP contribution in [0.3, 0.4) is 0 Å². The molecule has 11 aromatic rings. The van der Waals surface area contributed by atoms with Crippen molar-refractivity contribution in [1.29, 1.82) is 5.26 Å². The second kappa shape index (κ2) is 14.5. The van der Waals surface area contributed by atoms with Gasteiger partial charge in [-0.3, -0.25) is 0 Å². The smallest absolute Gasteiger partial charge is 0.252 e. The molecule has 70 heavy (non-hydrogen) atoms. The number of fused-ring (bicyclic) bond motifs is 12. The summed E-state index contributed by atoms with van der Waals surface area (Å²) in [6.07, 6.45) is 0. The van der Waals surface area contributed by atoms with Crippen molar-refractivity contribution >= 4 is 128 Å². The Kier molecular flexibility index (Phi) is 4.33. The number of hydrogen-bond donors (Lipinski definition) is 0. The molecule has 0 bridgehead atoms. The van der Waals surface area contributed by atoms with Gasteiger partial charge in [-0.25, -0.2) is 0 Å². The first kappa shape index (κ1) is 20.9. The minimum atomic E-state index is -2.11. The highest BCUT2D eigenvalue weighted by Crippen LogP contribution is 2.53. The molecule has 0 unspecified atom stereocenters. The van der Waals surface area contributed by atoms with Gasteiger partial charge in [-0.15, -0.1) is 11.3 Å². The van der Waals surface area contributed by atoms with E-state index >= 15 is 0 Å². The highest BCUT2D eigenvalue weighted by atomic mass is 32.1. The quantitative estimate of drug-likeness (QED) is 0.165. The van der Waals surface area contributed by atoms with Crippen molar-refractivity contribution in [2.75, 3.05) is 14.7 Å².